The summed E-state index contributed by atoms with van der Waals surface area (Å²) in [5, 5.41) is 5.40. The maximum atomic E-state index is 14.1. The van der Waals surface area contributed by atoms with Crippen molar-refractivity contribution in [1.82, 2.24) is 19.8 Å². The van der Waals surface area contributed by atoms with Crippen LogP contribution in [0, 0.1) is 12.7 Å². The lowest BCUT2D eigenvalue weighted by Gasteiger charge is -2.32. The summed E-state index contributed by atoms with van der Waals surface area (Å²) in [5.74, 6) is -0.641. The fraction of sp³-hybridized carbons (Fsp3) is 0.280. The molecule has 0 saturated carbocycles. The average Bonchev–Trinajstić information content (AvgIpc) is 3.25. The molecular weight excluding hydrogens is 405 g/mol. The summed E-state index contributed by atoms with van der Waals surface area (Å²) in [6.45, 7) is 6.92. The summed E-state index contributed by atoms with van der Waals surface area (Å²) < 4.78 is 14.1. The molecular formula is C25H26FN5O. The number of rotatable bonds is 4. The minimum absolute atomic E-state index is 0.300. The number of aromatic amines is 1. The van der Waals surface area contributed by atoms with Crippen molar-refractivity contribution in [3.63, 3.8) is 0 Å². The SMILES string of the molecule is Cc1ccc(F)c2cc(C(=O)Nc3ccc4cnc(CN5CCN(C)CC5)cc4c3)[nH]c12. The van der Waals surface area contributed by atoms with Crippen LogP contribution in [0.25, 0.3) is 21.7 Å². The Morgan fingerprint density at radius 2 is 1.91 bits per heavy atom. The van der Waals surface area contributed by atoms with Crippen LogP contribution in [-0.4, -0.2) is 58.9 Å². The molecule has 1 aliphatic rings. The third kappa shape index (κ3) is 4.09. The molecule has 5 rings (SSSR count). The van der Waals surface area contributed by atoms with E-state index >= 15 is 0 Å². The molecule has 0 bridgehead atoms. The zero-order valence-corrected chi connectivity index (χ0v) is 18.3. The minimum Gasteiger partial charge on any atom is -0.350 e. The average molecular weight is 432 g/mol. The molecule has 6 nitrogen and oxygen atoms in total. The number of pyridine rings is 1. The van der Waals surface area contributed by atoms with E-state index in [9.17, 15) is 9.18 Å². The van der Waals surface area contributed by atoms with Crippen molar-refractivity contribution in [3.05, 3.63) is 71.4 Å². The third-order valence-corrected chi connectivity index (χ3v) is 6.21. The molecule has 3 heterocycles. The number of H-pyrrole nitrogens is 1. The van der Waals surface area contributed by atoms with E-state index < -0.39 is 0 Å². The van der Waals surface area contributed by atoms with Crippen LogP contribution in [0.5, 0.6) is 0 Å². The van der Waals surface area contributed by atoms with E-state index in [0.717, 1.165) is 54.8 Å². The molecule has 2 aromatic carbocycles. The van der Waals surface area contributed by atoms with E-state index in [1.807, 2.05) is 31.3 Å². The highest BCUT2D eigenvalue weighted by atomic mass is 19.1. The summed E-state index contributed by atoms with van der Waals surface area (Å²) in [7, 11) is 2.15. The van der Waals surface area contributed by atoms with Crippen molar-refractivity contribution in [2.24, 2.45) is 0 Å². The summed E-state index contributed by atoms with van der Waals surface area (Å²) in [5.41, 5.74) is 3.58. The Hall–Kier alpha value is -3.29. The number of hydrogen-bond acceptors (Lipinski definition) is 4. The number of nitrogens with zero attached hydrogens (tertiary/aromatic N) is 3. The van der Waals surface area contributed by atoms with Crippen LogP contribution in [0.4, 0.5) is 10.1 Å². The molecule has 1 fully saturated rings. The van der Waals surface area contributed by atoms with Crippen molar-refractivity contribution in [2.45, 2.75) is 13.5 Å². The van der Waals surface area contributed by atoms with Gasteiger partial charge in [0, 0.05) is 55.4 Å². The first-order chi connectivity index (χ1) is 15.5. The van der Waals surface area contributed by atoms with Crippen molar-refractivity contribution >= 4 is 33.3 Å². The second kappa shape index (κ2) is 8.33. The quantitative estimate of drug-likeness (QED) is 0.509. The van der Waals surface area contributed by atoms with Crippen molar-refractivity contribution < 1.29 is 9.18 Å². The number of likely N-dealkylation sites (N-methyl/N-ethyl adjacent to an activating group) is 1. The molecule has 0 atom stereocenters. The first-order valence-electron chi connectivity index (χ1n) is 10.8. The van der Waals surface area contributed by atoms with Gasteiger partial charge in [-0.25, -0.2) is 4.39 Å². The number of halogens is 1. The summed E-state index contributed by atoms with van der Waals surface area (Å²) >= 11 is 0. The molecule has 2 aromatic heterocycles. The topological polar surface area (TPSA) is 64.3 Å². The molecule has 1 saturated heterocycles. The van der Waals surface area contributed by atoms with Crippen LogP contribution in [0.15, 0.2) is 48.7 Å². The van der Waals surface area contributed by atoms with Crippen molar-refractivity contribution in [1.29, 1.82) is 0 Å². The van der Waals surface area contributed by atoms with Gasteiger partial charge in [-0.3, -0.25) is 14.7 Å². The first-order valence-corrected chi connectivity index (χ1v) is 10.8. The van der Waals surface area contributed by atoms with E-state index in [1.165, 1.54) is 6.07 Å². The summed E-state index contributed by atoms with van der Waals surface area (Å²) in [6.07, 6.45) is 1.88. The Balaban J connectivity index is 1.35. The zero-order chi connectivity index (χ0) is 22.2. The Labute approximate surface area is 186 Å². The number of anilines is 1. The molecule has 4 aromatic rings. The van der Waals surface area contributed by atoms with Gasteiger partial charge in [-0.2, -0.15) is 0 Å². The van der Waals surface area contributed by atoms with Crippen LogP contribution in [0.2, 0.25) is 0 Å². The molecule has 7 heteroatoms. The number of nitrogens with one attached hydrogen (secondary N) is 2. The third-order valence-electron chi connectivity index (χ3n) is 6.21. The van der Waals surface area contributed by atoms with Crippen LogP contribution in [0.3, 0.4) is 0 Å². The smallest absolute Gasteiger partial charge is 0.272 e. The highest BCUT2D eigenvalue weighted by molar-refractivity contribution is 6.07. The Morgan fingerprint density at radius 3 is 2.69 bits per heavy atom. The van der Waals surface area contributed by atoms with Crippen molar-refractivity contribution in [2.75, 3.05) is 38.5 Å². The first kappa shape index (κ1) is 20.6. The maximum Gasteiger partial charge on any atom is 0.272 e. The number of aryl methyl sites for hydroxylation is 1. The molecule has 1 aliphatic heterocycles. The number of carbonyl (C=O) groups is 1. The monoisotopic (exact) mass is 431 g/mol. The van der Waals surface area contributed by atoms with Crippen LogP contribution in [-0.2, 0) is 6.54 Å². The van der Waals surface area contributed by atoms with Crippen LogP contribution >= 0.6 is 0 Å². The van der Waals surface area contributed by atoms with Gasteiger partial charge in [0.1, 0.15) is 11.5 Å². The standard InChI is InChI=1S/C25H26FN5O/c1-16-3-6-22(26)21-13-23(29-24(16)21)25(32)28-19-5-4-17-14-27-20(12-18(17)11-19)15-31-9-7-30(2)8-10-31/h3-6,11-14,29H,7-10,15H2,1-2H3,(H,28,32). The number of hydrogen-bond donors (Lipinski definition) is 2. The van der Waals surface area contributed by atoms with Gasteiger partial charge >= 0.3 is 0 Å². The number of carbonyl (C=O) groups excluding carboxylic acids is 1. The molecule has 0 aliphatic carbocycles. The van der Waals surface area contributed by atoms with E-state index in [0.29, 0.717) is 22.3 Å². The number of aromatic nitrogens is 2. The van der Waals surface area contributed by atoms with Gasteiger partial charge in [0.2, 0.25) is 0 Å². The summed E-state index contributed by atoms with van der Waals surface area (Å²) in [6, 6.07) is 12.5. The van der Waals surface area contributed by atoms with Gasteiger partial charge in [0.05, 0.1) is 11.2 Å². The Kier molecular flexibility index (Phi) is 5.36. The predicted molar refractivity (Wildman–Crippen MR) is 125 cm³/mol. The van der Waals surface area contributed by atoms with Gasteiger partial charge in [0.25, 0.3) is 5.91 Å². The summed E-state index contributed by atoms with van der Waals surface area (Å²) in [4.78, 5) is 25.2. The number of amides is 1. The highest BCUT2D eigenvalue weighted by Crippen LogP contribution is 2.24. The van der Waals surface area contributed by atoms with Gasteiger partial charge in [0.15, 0.2) is 0 Å². The number of benzene rings is 2. The molecule has 164 valence electrons. The highest BCUT2D eigenvalue weighted by Gasteiger charge is 2.16. The lowest BCUT2D eigenvalue weighted by molar-refractivity contribution is 0.102. The second-order valence-corrected chi connectivity index (χ2v) is 8.61. The maximum absolute atomic E-state index is 14.1. The normalized spacial score (nSPS) is 15.5. The lowest BCUT2D eigenvalue weighted by atomic mass is 10.1. The molecule has 32 heavy (non-hydrogen) atoms. The Bertz CT molecular complexity index is 1270. The van der Waals surface area contributed by atoms with Crippen LogP contribution in [0.1, 0.15) is 21.7 Å². The minimum atomic E-state index is -0.341. The fourth-order valence-corrected chi connectivity index (χ4v) is 4.23. The molecule has 0 spiro atoms. The largest absolute Gasteiger partial charge is 0.350 e. The van der Waals surface area contributed by atoms with E-state index in [4.69, 9.17) is 0 Å². The lowest BCUT2D eigenvalue weighted by Crippen LogP contribution is -2.43. The van der Waals surface area contributed by atoms with E-state index in [-0.39, 0.29) is 11.7 Å². The number of fused-ring (bicyclic) bond motifs is 2. The van der Waals surface area contributed by atoms with Gasteiger partial charge < -0.3 is 15.2 Å². The number of piperazine rings is 1. The van der Waals surface area contributed by atoms with Crippen LogP contribution < -0.4 is 5.32 Å². The van der Waals surface area contributed by atoms with Gasteiger partial charge in [-0.15, -0.1) is 0 Å². The second-order valence-electron chi connectivity index (χ2n) is 8.61. The molecule has 1 amide bonds. The molecule has 2 N–H and O–H groups in total. The fourth-order valence-electron chi connectivity index (χ4n) is 4.23. The van der Waals surface area contributed by atoms with E-state index in [2.05, 4.69) is 38.2 Å². The molecule has 0 radical (unpaired) electrons. The van der Waals surface area contributed by atoms with Gasteiger partial charge in [-0.05, 0) is 55.3 Å². The Morgan fingerprint density at radius 1 is 1.09 bits per heavy atom. The van der Waals surface area contributed by atoms with Gasteiger partial charge in [-0.1, -0.05) is 12.1 Å². The zero-order valence-electron chi connectivity index (χ0n) is 18.3. The molecule has 0 unspecified atom stereocenters. The predicted octanol–water partition coefficient (Wildman–Crippen LogP) is 4.16. The van der Waals surface area contributed by atoms with E-state index in [1.54, 1.807) is 12.1 Å². The van der Waals surface area contributed by atoms with Crippen molar-refractivity contribution in [3.8, 4) is 0 Å².